The Morgan fingerprint density at radius 1 is 1.45 bits per heavy atom. The lowest BCUT2D eigenvalue weighted by Gasteiger charge is -2.06. The Morgan fingerprint density at radius 3 is 3.00 bits per heavy atom. The van der Waals surface area contributed by atoms with E-state index in [1.807, 2.05) is 6.92 Å². The standard InChI is InChI=1S/C13H15N3O4/c1-2-7-19-11-5-6-14-13(16-11)15-8-9-3-4-10(20-9)12(17)18/h3-6H,2,7-8H2,1H3,(H,17,18)(H,14,15,16). The van der Waals surface area contributed by atoms with E-state index in [1.165, 1.54) is 6.07 Å². The molecule has 106 valence electrons. The van der Waals surface area contributed by atoms with Gasteiger partial charge in [0.15, 0.2) is 0 Å². The number of furan rings is 1. The predicted octanol–water partition coefficient (Wildman–Crippen LogP) is 2.17. The zero-order valence-corrected chi connectivity index (χ0v) is 11.0. The lowest BCUT2D eigenvalue weighted by molar-refractivity contribution is 0.0660. The summed E-state index contributed by atoms with van der Waals surface area (Å²) in [5, 5.41) is 11.7. The van der Waals surface area contributed by atoms with E-state index in [4.69, 9.17) is 14.3 Å². The number of carboxylic acid groups (broad SMARTS) is 1. The summed E-state index contributed by atoms with van der Waals surface area (Å²) in [4.78, 5) is 18.9. The molecule has 2 heterocycles. The van der Waals surface area contributed by atoms with Crippen molar-refractivity contribution in [3.63, 3.8) is 0 Å². The van der Waals surface area contributed by atoms with Crippen molar-refractivity contribution in [3.8, 4) is 5.88 Å². The SMILES string of the molecule is CCCOc1ccnc(NCc2ccc(C(=O)O)o2)n1. The summed E-state index contributed by atoms with van der Waals surface area (Å²) in [5.74, 6) is 0.193. The number of rotatable bonds is 7. The van der Waals surface area contributed by atoms with Crippen molar-refractivity contribution in [1.29, 1.82) is 0 Å². The first kappa shape index (κ1) is 13.9. The Kier molecular flexibility index (Phi) is 4.54. The summed E-state index contributed by atoms with van der Waals surface area (Å²) in [6, 6.07) is 4.67. The van der Waals surface area contributed by atoms with Crippen molar-refractivity contribution in [2.24, 2.45) is 0 Å². The van der Waals surface area contributed by atoms with Crippen molar-refractivity contribution in [1.82, 2.24) is 9.97 Å². The average Bonchev–Trinajstić information content (AvgIpc) is 2.92. The fraction of sp³-hybridized carbons (Fsp3) is 0.308. The minimum Gasteiger partial charge on any atom is -0.478 e. The van der Waals surface area contributed by atoms with E-state index < -0.39 is 5.97 Å². The summed E-state index contributed by atoms with van der Waals surface area (Å²) in [7, 11) is 0. The molecule has 0 amide bonds. The number of hydrogen-bond acceptors (Lipinski definition) is 6. The van der Waals surface area contributed by atoms with Gasteiger partial charge in [0, 0.05) is 12.3 Å². The lowest BCUT2D eigenvalue weighted by Crippen LogP contribution is -2.05. The van der Waals surface area contributed by atoms with Crippen LogP contribution in [0.15, 0.2) is 28.8 Å². The summed E-state index contributed by atoms with van der Waals surface area (Å²) in [6.07, 6.45) is 2.49. The number of anilines is 1. The first-order chi connectivity index (χ1) is 9.69. The van der Waals surface area contributed by atoms with Crippen molar-refractivity contribution in [2.75, 3.05) is 11.9 Å². The molecule has 0 saturated carbocycles. The van der Waals surface area contributed by atoms with Crippen LogP contribution in [0.2, 0.25) is 0 Å². The fourth-order valence-electron chi connectivity index (χ4n) is 1.47. The Labute approximate surface area is 115 Å². The molecule has 2 aromatic rings. The van der Waals surface area contributed by atoms with Crippen LogP contribution in [0.1, 0.15) is 29.7 Å². The summed E-state index contributed by atoms with van der Waals surface area (Å²) < 4.78 is 10.5. The highest BCUT2D eigenvalue weighted by atomic mass is 16.5. The first-order valence-electron chi connectivity index (χ1n) is 6.20. The highest BCUT2D eigenvalue weighted by Gasteiger charge is 2.09. The number of hydrogen-bond donors (Lipinski definition) is 2. The molecule has 0 aliphatic heterocycles. The molecular formula is C13H15N3O4. The zero-order chi connectivity index (χ0) is 14.4. The molecule has 0 saturated heterocycles. The largest absolute Gasteiger partial charge is 0.478 e. The van der Waals surface area contributed by atoms with Crippen LogP contribution in [-0.2, 0) is 6.54 Å². The lowest BCUT2D eigenvalue weighted by atomic mass is 10.4. The quantitative estimate of drug-likeness (QED) is 0.800. The van der Waals surface area contributed by atoms with Crippen LogP contribution in [0.5, 0.6) is 5.88 Å². The molecule has 0 bridgehead atoms. The third kappa shape index (κ3) is 3.71. The maximum Gasteiger partial charge on any atom is 0.371 e. The second-order valence-corrected chi connectivity index (χ2v) is 3.99. The van der Waals surface area contributed by atoms with Gasteiger partial charge in [0.05, 0.1) is 13.2 Å². The Hall–Kier alpha value is -2.57. The smallest absolute Gasteiger partial charge is 0.371 e. The monoisotopic (exact) mass is 277 g/mol. The van der Waals surface area contributed by atoms with E-state index in [0.29, 0.717) is 30.7 Å². The topological polar surface area (TPSA) is 97.5 Å². The Balaban J connectivity index is 1.94. The van der Waals surface area contributed by atoms with Crippen molar-refractivity contribution < 1.29 is 19.1 Å². The molecule has 0 fully saturated rings. The second-order valence-electron chi connectivity index (χ2n) is 3.99. The van der Waals surface area contributed by atoms with Gasteiger partial charge in [-0.1, -0.05) is 6.92 Å². The van der Waals surface area contributed by atoms with Gasteiger partial charge >= 0.3 is 5.97 Å². The molecule has 20 heavy (non-hydrogen) atoms. The maximum absolute atomic E-state index is 10.7. The van der Waals surface area contributed by atoms with E-state index in [1.54, 1.807) is 18.3 Å². The molecule has 7 heteroatoms. The molecule has 0 unspecified atom stereocenters. The molecule has 2 rings (SSSR count). The molecule has 2 aromatic heterocycles. The van der Waals surface area contributed by atoms with Gasteiger partial charge in [0.2, 0.25) is 17.6 Å². The van der Waals surface area contributed by atoms with Gasteiger partial charge in [-0.3, -0.25) is 0 Å². The number of nitrogens with one attached hydrogen (secondary N) is 1. The van der Waals surface area contributed by atoms with Crippen LogP contribution in [0.25, 0.3) is 0 Å². The van der Waals surface area contributed by atoms with Crippen LogP contribution in [0.3, 0.4) is 0 Å². The summed E-state index contributed by atoms with van der Waals surface area (Å²) in [5.41, 5.74) is 0. The summed E-state index contributed by atoms with van der Waals surface area (Å²) in [6.45, 7) is 2.90. The summed E-state index contributed by atoms with van der Waals surface area (Å²) >= 11 is 0. The van der Waals surface area contributed by atoms with Crippen LogP contribution in [-0.4, -0.2) is 27.7 Å². The highest BCUT2D eigenvalue weighted by Crippen LogP contribution is 2.12. The van der Waals surface area contributed by atoms with Crippen molar-refractivity contribution in [3.05, 3.63) is 35.9 Å². The van der Waals surface area contributed by atoms with Gasteiger partial charge in [-0.05, 0) is 18.6 Å². The van der Waals surface area contributed by atoms with Crippen molar-refractivity contribution >= 4 is 11.9 Å². The van der Waals surface area contributed by atoms with E-state index >= 15 is 0 Å². The van der Waals surface area contributed by atoms with E-state index in [0.717, 1.165) is 6.42 Å². The highest BCUT2D eigenvalue weighted by molar-refractivity contribution is 5.84. The van der Waals surface area contributed by atoms with Gasteiger partial charge in [-0.2, -0.15) is 4.98 Å². The van der Waals surface area contributed by atoms with Crippen molar-refractivity contribution in [2.45, 2.75) is 19.9 Å². The van der Waals surface area contributed by atoms with Gasteiger partial charge in [-0.15, -0.1) is 0 Å². The van der Waals surface area contributed by atoms with Gasteiger partial charge in [-0.25, -0.2) is 9.78 Å². The molecule has 0 radical (unpaired) electrons. The minimum atomic E-state index is -1.09. The third-order valence-corrected chi connectivity index (χ3v) is 2.38. The number of aromatic nitrogens is 2. The van der Waals surface area contributed by atoms with Gasteiger partial charge in [0.1, 0.15) is 5.76 Å². The van der Waals surface area contributed by atoms with Gasteiger partial charge in [0.25, 0.3) is 0 Å². The third-order valence-electron chi connectivity index (χ3n) is 2.38. The molecule has 7 nitrogen and oxygen atoms in total. The molecule has 0 aliphatic carbocycles. The number of carboxylic acids is 1. The number of nitrogens with zero attached hydrogens (tertiary/aromatic N) is 2. The van der Waals surface area contributed by atoms with Crippen LogP contribution >= 0.6 is 0 Å². The molecule has 0 aromatic carbocycles. The van der Waals surface area contributed by atoms with E-state index in [9.17, 15) is 4.79 Å². The maximum atomic E-state index is 10.7. The Morgan fingerprint density at radius 2 is 2.30 bits per heavy atom. The van der Waals surface area contributed by atoms with Crippen LogP contribution in [0, 0.1) is 0 Å². The molecule has 2 N–H and O–H groups in total. The predicted molar refractivity (Wildman–Crippen MR) is 70.8 cm³/mol. The van der Waals surface area contributed by atoms with E-state index in [-0.39, 0.29) is 5.76 Å². The molecule has 0 spiro atoms. The minimum absolute atomic E-state index is 0.0947. The number of carbonyl (C=O) groups is 1. The zero-order valence-electron chi connectivity index (χ0n) is 11.0. The van der Waals surface area contributed by atoms with Crippen LogP contribution in [0.4, 0.5) is 5.95 Å². The number of ether oxygens (including phenoxy) is 1. The molecule has 0 atom stereocenters. The number of aromatic carboxylic acids is 1. The molecule has 0 aliphatic rings. The van der Waals surface area contributed by atoms with E-state index in [2.05, 4.69) is 15.3 Å². The Bertz CT molecular complexity index is 583. The van der Waals surface area contributed by atoms with Crippen LogP contribution < -0.4 is 10.1 Å². The normalized spacial score (nSPS) is 10.2. The van der Waals surface area contributed by atoms with Gasteiger partial charge < -0.3 is 19.6 Å². The fourth-order valence-corrected chi connectivity index (χ4v) is 1.47. The average molecular weight is 277 g/mol. The molecular weight excluding hydrogens is 262 g/mol. The second kappa shape index (κ2) is 6.55. The first-order valence-corrected chi connectivity index (χ1v) is 6.20.